The van der Waals surface area contributed by atoms with Gasteiger partial charge in [-0.2, -0.15) is 0 Å². The van der Waals surface area contributed by atoms with Crippen LogP contribution in [-0.2, 0) is 4.74 Å². The molecule has 0 radical (unpaired) electrons. The number of pyridine rings is 1. The summed E-state index contributed by atoms with van der Waals surface area (Å²) in [5, 5.41) is 9.74. The first-order chi connectivity index (χ1) is 8.54. The molecule has 1 aliphatic rings. The Morgan fingerprint density at radius 3 is 2.83 bits per heavy atom. The van der Waals surface area contributed by atoms with Crippen LogP contribution in [0.15, 0.2) is 18.3 Å². The second-order valence-corrected chi connectivity index (χ2v) is 5.38. The lowest BCUT2D eigenvalue weighted by atomic mass is 10.0. The molecule has 2 rings (SSSR count). The fraction of sp³-hybridized carbons (Fsp3) is 0.643. The lowest BCUT2D eigenvalue weighted by molar-refractivity contribution is 0.0643. The van der Waals surface area contributed by atoms with E-state index >= 15 is 0 Å². The number of hydrogen-bond donors (Lipinski definition) is 1. The van der Waals surface area contributed by atoms with Crippen LogP contribution < -0.4 is 4.90 Å². The van der Waals surface area contributed by atoms with E-state index in [-0.39, 0.29) is 5.54 Å². The molecule has 1 saturated heterocycles. The number of aliphatic hydroxyl groups is 1. The van der Waals surface area contributed by atoms with Crippen molar-refractivity contribution in [3.05, 3.63) is 24.0 Å². The van der Waals surface area contributed by atoms with Crippen molar-refractivity contribution in [1.82, 2.24) is 4.98 Å². The average molecular weight is 250 g/mol. The topological polar surface area (TPSA) is 45.6 Å². The molecular weight excluding hydrogens is 228 g/mol. The van der Waals surface area contributed by atoms with Gasteiger partial charge in [-0.05, 0) is 32.4 Å². The van der Waals surface area contributed by atoms with Crippen LogP contribution in [0, 0.1) is 0 Å². The van der Waals surface area contributed by atoms with Gasteiger partial charge in [0.15, 0.2) is 0 Å². The third-order valence-electron chi connectivity index (χ3n) is 3.46. The zero-order valence-electron chi connectivity index (χ0n) is 11.4. The predicted octanol–water partition coefficient (Wildman–Crippen LogP) is 2.14. The van der Waals surface area contributed by atoms with Gasteiger partial charge >= 0.3 is 0 Å². The quantitative estimate of drug-likeness (QED) is 0.892. The Morgan fingerprint density at radius 1 is 1.50 bits per heavy atom. The molecule has 1 atom stereocenters. The molecule has 0 aliphatic carbocycles. The van der Waals surface area contributed by atoms with Gasteiger partial charge in [-0.1, -0.05) is 6.92 Å². The van der Waals surface area contributed by atoms with E-state index in [4.69, 9.17) is 4.74 Å². The van der Waals surface area contributed by atoms with E-state index in [2.05, 4.69) is 23.7 Å². The van der Waals surface area contributed by atoms with Crippen molar-refractivity contribution in [2.75, 3.05) is 24.7 Å². The summed E-state index contributed by atoms with van der Waals surface area (Å²) in [6.45, 7) is 8.65. The van der Waals surface area contributed by atoms with Gasteiger partial charge in [-0.25, -0.2) is 0 Å². The lowest BCUT2D eigenvalue weighted by Crippen LogP contribution is -2.53. The number of ether oxygens (including phenoxy) is 1. The predicted molar refractivity (Wildman–Crippen MR) is 71.7 cm³/mol. The van der Waals surface area contributed by atoms with Crippen LogP contribution in [-0.4, -0.2) is 35.4 Å². The summed E-state index contributed by atoms with van der Waals surface area (Å²) in [5.74, 6) is 0. The minimum atomic E-state index is -0.461. The first-order valence-electron chi connectivity index (χ1n) is 6.54. The van der Waals surface area contributed by atoms with Gasteiger partial charge in [-0.15, -0.1) is 0 Å². The minimum Gasteiger partial charge on any atom is -0.387 e. The van der Waals surface area contributed by atoms with Gasteiger partial charge in [0, 0.05) is 6.54 Å². The van der Waals surface area contributed by atoms with Gasteiger partial charge in [-0.3, -0.25) is 4.98 Å². The van der Waals surface area contributed by atoms with Crippen molar-refractivity contribution in [2.24, 2.45) is 0 Å². The normalized spacial score (nSPS) is 20.8. The van der Waals surface area contributed by atoms with E-state index in [1.54, 1.807) is 0 Å². The Balaban J connectivity index is 2.18. The second kappa shape index (κ2) is 5.24. The zero-order valence-corrected chi connectivity index (χ0v) is 11.4. The highest BCUT2D eigenvalue weighted by molar-refractivity contribution is 5.48. The highest BCUT2D eigenvalue weighted by Crippen LogP contribution is 2.27. The Hall–Kier alpha value is -1.13. The van der Waals surface area contributed by atoms with E-state index in [1.165, 1.54) is 0 Å². The minimum absolute atomic E-state index is 0.00911. The summed E-state index contributed by atoms with van der Waals surface area (Å²) in [7, 11) is 0. The maximum Gasteiger partial charge on any atom is 0.0957 e. The summed E-state index contributed by atoms with van der Waals surface area (Å²) >= 11 is 0. The van der Waals surface area contributed by atoms with Crippen LogP contribution in [0.2, 0.25) is 0 Å². The first kappa shape index (κ1) is 13.3. The monoisotopic (exact) mass is 250 g/mol. The molecule has 1 N–H and O–H groups in total. The largest absolute Gasteiger partial charge is 0.387 e. The fourth-order valence-corrected chi connectivity index (χ4v) is 2.30. The zero-order chi connectivity index (χ0) is 13.2. The molecule has 4 heteroatoms. The van der Waals surface area contributed by atoms with Crippen molar-refractivity contribution in [2.45, 2.75) is 38.8 Å². The smallest absolute Gasteiger partial charge is 0.0957 e. The Morgan fingerprint density at radius 2 is 2.28 bits per heavy atom. The lowest BCUT2D eigenvalue weighted by Gasteiger charge is -2.43. The second-order valence-electron chi connectivity index (χ2n) is 5.38. The Labute approximate surface area is 109 Å². The number of nitrogens with zero attached hydrogens (tertiary/aromatic N) is 2. The average Bonchev–Trinajstić information content (AvgIpc) is 2.37. The van der Waals surface area contributed by atoms with Crippen LogP contribution in [0.4, 0.5) is 5.69 Å². The van der Waals surface area contributed by atoms with Crippen molar-refractivity contribution in [3.63, 3.8) is 0 Å². The summed E-state index contributed by atoms with van der Waals surface area (Å²) < 4.78 is 5.51. The summed E-state index contributed by atoms with van der Waals surface area (Å²) in [6.07, 6.45) is 2.08. The van der Waals surface area contributed by atoms with Gasteiger partial charge < -0.3 is 14.7 Å². The summed E-state index contributed by atoms with van der Waals surface area (Å²) in [4.78, 5) is 6.67. The molecule has 0 spiro atoms. The molecule has 1 aliphatic heterocycles. The molecule has 0 aromatic carbocycles. The van der Waals surface area contributed by atoms with Crippen LogP contribution in [0.3, 0.4) is 0 Å². The van der Waals surface area contributed by atoms with Crippen LogP contribution >= 0.6 is 0 Å². The molecule has 1 unspecified atom stereocenters. The molecule has 18 heavy (non-hydrogen) atoms. The Kier molecular flexibility index (Phi) is 3.88. The van der Waals surface area contributed by atoms with Crippen LogP contribution in [0.1, 0.15) is 39.0 Å². The molecule has 0 bridgehead atoms. The number of hydrogen-bond acceptors (Lipinski definition) is 4. The third-order valence-corrected chi connectivity index (χ3v) is 3.46. The molecule has 1 aromatic heterocycles. The number of anilines is 1. The molecule has 1 aromatic rings. The van der Waals surface area contributed by atoms with E-state index < -0.39 is 6.10 Å². The van der Waals surface area contributed by atoms with Crippen molar-refractivity contribution < 1.29 is 9.84 Å². The standard InChI is InChI=1S/C14H22N2O2/c1-4-13(17)12-6-5-11(9-15-12)16-7-8-18-10-14(16,2)3/h5-6,9,13,17H,4,7-8,10H2,1-3H3. The summed E-state index contributed by atoms with van der Waals surface area (Å²) in [6, 6.07) is 3.95. The van der Waals surface area contributed by atoms with Gasteiger partial charge in [0.2, 0.25) is 0 Å². The van der Waals surface area contributed by atoms with Gasteiger partial charge in [0.1, 0.15) is 0 Å². The molecule has 2 heterocycles. The van der Waals surface area contributed by atoms with E-state index in [1.807, 2.05) is 25.3 Å². The van der Waals surface area contributed by atoms with Crippen LogP contribution in [0.5, 0.6) is 0 Å². The number of aromatic nitrogens is 1. The molecule has 1 fully saturated rings. The number of morpholine rings is 1. The van der Waals surface area contributed by atoms with Crippen molar-refractivity contribution in [1.29, 1.82) is 0 Å². The SMILES string of the molecule is CCC(O)c1ccc(N2CCOCC2(C)C)cn1. The highest BCUT2D eigenvalue weighted by Gasteiger charge is 2.30. The fourth-order valence-electron chi connectivity index (χ4n) is 2.30. The maximum atomic E-state index is 9.74. The summed E-state index contributed by atoms with van der Waals surface area (Å²) in [5.41, 5.74) is 1.83. The van der Waals surface area contributed by atoms with Crippen LogP contribution in [0.25, 0.3) is 0 Å². The van der Waals surface area contributed by atoms with Gasteiger partial charge in [0.25, 0.3) is 0 Å². The van der Waals surface area contributed by atoms with E-state index in [0.29, 0.717) is 6.42 Å². The maximum absolute atomic E-state index is 9.74. The van der Waals surface area contributed by atoms with Crippen molar-refractivity contribution >= 4 is 5.69 Å². The molecule has 0 amide bonds. The van der Waals surface area contributed by atoms with E-state index in [0.717, 1.165) is 31.1 Å². The first-order valence-corrected chi connectivity index (χ1v) is 6.54. The van der Waals surface area contributed by atoms with Gasteiger partial charge in [0.05, 0.1) is 42.4 Å². The molecule has 0 saturated carbocycles. The number of aliphatic hydroxyl groups excluding tert-OH is 1. The van der Waals surface area contributed by atoms with Crippen molar-refractivity contribution in [3.8, 4) is 0 Å². The number of rotatable bonds is 3. The molecular formula is C14H22N2O2. The van der Waals surface area contributed by atoms with E-state index in [9.17, 15) is 5.11 Å². The molecule has 100 valence electrons. The third kappa shape index (κ3) is 2.65. The molecule has 4 nitrogen and oxygen atoms in total. The Bertz CT molecular complexity index is 389. The highest BCUT2D eigenvalue weighted by atomic mass is 16.5.